The summed E-state index contributed by atoms with van der Waals surface area (Å²) >= 11 is 6.03. The maximum absolute atomic E-state index is 13.2. The summed E-state index contributed by atoms with van der Waals surface area (Å²) in [7, 11) is -3.56. The number of hydrogen-bond acceptors (Lipinski definition) is 4. The first-order valence-corrected chi connectivity index (χ1v) is 13.6. The monoisotopic (exact) mass is 507 g/mol. The fourth-order valence-corrected chi connectivity index (χ4v) is 4.59. The van der Waals surface area contributed by atoms with E-state index in [4.69, 9.17) is 11.6 Å². The van der Waals surface area contributed by atoms with E-state index in [1.807, 2.05) is 44.2 Å². The minimum absolute atomic E-state index is 0.0984. The van der Waals surface area contributed by atoms with Crippen LogP contribution in [0.1, 0.15) is 39.2 Å². The van der Waals surface area contributed by atoms with Crippen molar-refractivity contribution in [3.05, 3.63) is 65.2 Å². The maximum atomic E-state index is 13.2. The van der Waals surface area contributed by atoms with Crippen molar-refractivity contribution in [1.82, 2.24) is 10.2 Å². The van der Waals surface area contributed by atoms with Crippen LogP contribution in [0.3, 0.4) is 0 Å². The fraction of sp³-hybridized carbons (Fsp3) is 0.440. The second-order valence-corrected chi connectivity index (χ2v) is 11.1. The van der Waals surface area contributed by atoms with Crippen molar-refractivity contribution in [3.8, 4) is 0 Å². The topological polar surface area (TPSA) is 86.8 Å². The van der Waals surface area contributed by atoms with Crippen molar-refractivity contribution >= 4 is 39.1 Å². The minimum atomic E-state index is -3.56. The van der Waals surface area contributed by atoms with Gasteiger partial charge in [-0.3, -0.25) is 13.9 Å². The van der Waals surface area contributed by atoms with Gasteiger partial charge in [0.05, 0.1) is 11.9 Å². The highest BCUT2D eigenvalue weighted by atomic mass is 35.5. The molecule has 0 heterocycles. The third kappa shape index (κ3) is 8.65. The molecule has 0 aliphatic heterocycles. The molecule has 0 aliphatic carbocycles. The molecule has 0 unspecified atom stereocenters. The summed E-state index contributed by atoms with van der Waals surface area (Å²) in [6.45, 7) is 6.67. The lowest BCUT2D eigenvalue weighted by Crippen LogP contribution is -2.48. The van der Waals surface area contributed by atoms with Crippen LogP contribution in [0.15, 0.2) is 54.6 Å². The Morgan fingerprint density at radius 3 is 2.29 bits per heavy atom. The van der Waals surface area contributed by atoms with E-state index in [0.717, 1.165) is 11.8 Å². The highest BCUT2D eigenvalue weighted by molar-refractivity contribution is 7.92. The number of halogens is 1. The number of nitrogens with one attached hydrogen (secondary N) is 1. The van der Waals surface area contributed by atoms with Gasteiger partial charge in [0.25, 0.3) is 0 Å². The maximum Gasteiger partial charge on any atom is 0.242 e. The van der Waals surface area contributed by atoms with Gasteiger partial charge in [-0.25, -0.2) is 8.42 Å². The highest BCUT2D eigenvalue weighted by Crippen LogP contribution is 2.22. The van der Waals surface area contributed by atoms with Crippen molar-refractivity contribution in [2.24, 2.45) is 5.92 Å². The van der Waals surface area contributed by atoms with Crippen LogP contribution in [0.2, 0.25) is 5.02 Å². The van der Waals surface area contributed by atoms with E-state index in [0.29, 0.717) is 36.1 Å². The molecule has 0 radical (unpaired) electrons. The van der Waals surface area contributed by atoms with Crippen molar-refractivity contribution in [1.29, 1.82) is 0 Å². The lowest BCUT2D eigenvalue weighted by Gasteiger charge is -2.29. The predicted octanol–water partition coefficient (Wildman–Crippen LogP) is 4.08. The highest BCUT2D eigenvalue weighted by Gasteiger charge is 2.26. The van der Waals surface area contributed by atoms with E-state index < -0.39 is 16.1 Å². The summed E-state index contributed by atoms with van der Waals surface area (Å²) in [6.07, 6.45) is 1.52. The molecule has 0 fully saturated rings. The summed E-state index contributed by atoms with van der Waals surface area (Å²) < 4.78 is 25.9. The first-order valence-electron chi connectivity index (χ1n) is 11.3. The van der Waals surface area contributed by atoms with Crippen LogP contribution in [0.25, 0.3) is 0 Å². The Hall–Kier alpha value is -2.58. The molecule has 0 saturated heterocycles. The smallest absolute Gasteiger partial charge is 0.242 e. The number of amides is 2. The number of sulfonamides is 1. The zero-order valence-corrected chi connectivity index (χ0v) is 21.8. The van der Waals surface area contributed by atoms with Crippen LogP contribution in [-0.2, 0) is 26.2 Å². The molecule has 0 aromatic heterocycles. The Balaban J connectivity index is 2.13. The third-order valence-corrected chi connectivity index (χ3v) is 6.73. The van der Waals surface area contributed by atoms with Gasteiger partial charge in [0.15, 0.2) is 0 Å². The van der Waals surface area contributed by atoms with E-state index in [9.17, 15) is 18.0 Å². The Morgan fingerprint density at radius 2 is 1.71 bits per heavy atom. The van der Waals surface area contributed by atoms with Gasteiger partial charge in [0, 0.05) is 31.1 Å². The number of carbonyl (C=O) groups excluding carboxylic acids is 2. The molecule has 2 aromatic carbocycles. The standard InChI is InChI=1S/C25H34ClN3O4S/c1-19(2)17-27-25(31)20(3)28(18-21-10-6-5-7-11-21)24(30)14-9-15-29(34(4,32)33)23-13-8-12-22(26)16-23/h5-8,10-13,16,19-20H,9,14-15,17-18H2,1-4H3,(H,27,31)/t20-/m1/s1. The van der Waals surface area contributed by atoms with Gasteiger partial charge in [-0.05, 0) is 43.0 Å². The second-order valence-electron chi connectivity index (χ2n) is 8.74. The Morgan fingerprint density at radius 1 is 1.03 bits per heavy atom. The van der Waals surface area contributed by atoms with E-state index >= 15 is 0 Å². The summed E-state index contributed by atoms with van der Waals surface area (Å²) in [6, 6.07) is 15.4. The van der Waals surface area contributed by atoms with Crippen LogP contribution in [0.4, 0.5) is 5.69 Å². The molecule has 2 rings (SSSR count). The molecule has 0 aliphatic rings. The van der Waals surface area contributed by atoms with Gasteiger partial charge in [-0.2, -0.15) is 0 Å². The van der Waals surface area contributed by atoms with Crippen LogP contribution >= 0.6 is 11.6 Å². The van der Waals surface area contributed by atoms with E-state index in [1.54, 1.807) is 36.1 Å². The van der Waals surface area contributed by atoms with Gasteiger partial charge >= 0.3 is 0 Å². The molecule has 0 saturated carbocycles. The molecule has 0 bridgehead atoms. The molecule has 1 atom stereocenters. The molecule has 2 amide bonds. The van der Waals surface area contributed by atoms with Crippen molar-refractivity contribution in [2.75, 3.05) is 23.7 Å². The summed E-state index contributed by atoms with van der Waals surface area (Å²) in [5, 5.41) is 3.32. The summed E-state index contributed by atoms with van der Waals surface area (Å²) in [4.78, 5) is 27.5. The van der Waals surface area contributed by atoms with Crippen molar-refractivity contribution in [2.45, 2.75) is 46.2 Å². The van der Waals surface area contributed by atoms with Crippen molar-refractivity contribution < 1.29 is 18.0 Å². The number of benzene rings is 2. The second kappa shape index (κ2) is 12.8. The zero-order chi connectivity index (χ0) is 25.3. The SMILES string of the molecule is CC(C)CNC(=O)[C@@H](C)N(Cc1ccccc1)C(=O)CCCN(c1cccc(Cl)c1)S(C)(=O)=O. The minimum Gasteiger partial charge on any atom is -0.354 e. The molecule has 0 spiro atoms. The first-order chi connectivity index (χ1) is 16.0. The third-order valence-electron chi connectivity index (χ3n) is 5.30. The van der Waals surface area contributed by atoms with Gasteiger partial charge < -0.3 is 10.2 Å². The van der Waals surface area contributed by atoms with Gasteiger partial charge in [0.2, 0.25) is 21.8 Å². The Bertz CT molecular complexity index is 1060. The summed E-state index contributed by atoms with van der Waals surface area (Å²) in [5.41, 5.74) is 1.36. The van der Waals surface area contributed by atoms with Gasteiger partial charge in [-0.15, -0.1) is 0 Å². The fourth-order valence-electron chi connectivity index (χ4n) is 3.45. The van der Waals surface area contributed by atoms with Crippen LogP contribution in [0, 0.1) is 5.92 Å². The lowest BCUT2D eigenvalue weighted by molar-refractivity contribution is -0.140. The molecule has 2 aromatic rings. The quantitative estimate of drug-likeness (QED) is 0.469. The number of anilines is 1. The summed E-state index contributed by atoms with van der Waals surface area (Å²) in [5.74, 6) is -0.131. The van der Waals surface area contributed by atoms with E-state index in [1.165, 1.54) is 4.31 Å². The Labute approximate surface area is 208 Å². The molecular formula is C25H34ClN3O4S. The normalized spacial score (nSPS) is 12.3. The predicted molar refractivity (Wildman–Crippen MR) is 137 cm³/mol. The molecule has 7 nitrogen and oxygen atoms in total. The van der Waals surface area contributed by atoms with E-state index in [-0.39, 0.29) is 24.8 Å². The van der Waals surface area contributed by atoms with Crippen molar-refractivity contribution in [3.63, 3.8) is 0 Å². The van der Waals surface area contributed by atoms with Gasteiger partial charge in [-0.1, -0.05) is 61.8 Å². The molecule has 9 heteroatoms. The first kappa shape index (κ1) is 27.7. The molecule has 1 N–H and O–H groups in total. The molecule has 34 heavy (non-hydrogen) atoms. The average molecular weight is 508 g/mol. The van der Waals surface area contributed by atoms with Gasteiger partial charge in [0.1, 0.15) is 6.04 Å². The lowest BCUT2D eigenvalue weighted by atomic mass is 10.1. The van der Waals surface area contributed by atoms with E-state index in [2.05, 4.69) is 5.32 Å². The average Bonchev–Trinajstić information content (AvgIpc) is 2.77. The number of rotatable bonds is 12. The number of carbonyl (C=O) groups is 2. The largest absolute Gasteiger partial charge is 0.354 e. The van der Waals surface area contributed by atoms with Crippen LogP contribution in [0.5, 0.6) is 0 Å². The molecule has 186 valence electrons. The number of nitrogens with zero attached hydrogens (tertiary/aromatic N) is 2. The zero-order valence-electron chi connectivity index (χ0n) is 20.2. The number of hydrogen-bond donors (Lipinski definition) is 1. The Kier molecular flexibility index (Phi) is 10.4. The molecular weight excluding hydrogens is 474 g/mol. The van der Waals surface area contributed by atoms with Crippen LogP contribution < -0.4 is 9.62 Å². The van der Waals surface area contributed by atoms with Crippen LogP contribution in [-0.4, -0.2) is 50.5 Å².